The van der Waals surface area contributed by atoms with Crippen molar-refractivity contribution in [1.29, 1.82) is 0 Å². The number of carbonyl (C=O) groups excluding carboxylic acids is 1. The minimum Gasteiger partial charge on any atom is -0.377 e. The Bertz CT molecular complexity index is 412. The first kappa shape index (κ1) is 15.2. The second-order valence-corrected chi connectivity index (χ2v) is 5.62. The summed E-state index contributed by atoms with van der Waals surface area (Å²) in [6.07, 6.45) is 2.67. The van der Waals surface area contributed by atoms with Crippen molar-refractivity contribution in [3.8, 4) is 0 Å². The molecular formula is C17H25NO2. The molecule has 1 aromatic rings. The number of likely N-dealkylation sites (N-methyl/N-ethyl adjacent to an activating group) is 1. The fourth-order valence-corrected chi connectivity index (χ4v) is 2.77. The van der Waals surface area contributed by atoms with Crippen LogP contribution in [0.15, 0.2) is 30.3 Å². The van der Waals surface area contributed by atoms with Gasteiger partial charge in [-0.15, -0.1) is 0 Å². The third-order valence-corrected chi connectivity index (χ3v) is 3.97. The Morgan fingerprint density at radius 2 is 2.15 bits per heavy atom. The van der Waals surface area contributed by atoms with Gasteiger partial charge in [0.25, 0.3) is 0 Å². The molecule has 0 radical (unpaired) electrons. The molecule has 1 saturated heterocycles. The summed E-state index contributed by atoms with van der Waals surface area (Å²) in [5.41, 5.74) is 0.813. The molecule has 0 bridgehead atoms. The molecular weight excluding hydrogens is 250 g/mol. The maximum absolute atomic E-state index is 12.4. The molecule has 0 spiro atoms. The van der Waals surface area contributed by atoms with Crippen molar-refractivity contribution in [2.24, 2.45) is 5.92 Å². The van der Waals surface area contributed by atoms with Crippen molar-refractivity contribution in [1.82, 2.24) is 4.90 Å². The molecule has 0 amide bonds. The standard InChI is InChI=1S/C17H25NO2/c1-3-18(13-16-10-7-11-20-16)12-14(2)17(19)15-8-5-4-6-9-15/h4-6,8-9,14,16H,3,7,10-13H2,1-2H3. The van der Waals surface area contributed by atoms with E-state index in [-0.39, 0.29) is 11.7 Å². The molecule has 0 aromatic heterocycles. The van der Waals surface area contributed by atoms with Crippen LogP contribution in [0.3, 0.4) is 0 Å². The Kier molecular flexibility index (Phi) is 5.74. The number of ketones is 1. The molecule has 3 nitrogen and oxygen atoms in total. The van der Waals surface area contributed by atoms with Crippen molar-refractivity contribution in [3.63, 3.8) is 0 Å². The predicted octanol–water partition coefficient (Wildman–Crippen LogP) is 3.01. The summed E-state index contributed by atoms with van der Waals surface area (Å²) in [6.45, 7) is 7.78. The van der Waals surface area contributed by atoms with E-state index in [1.54, 1.807) is 0 Å². The number of benzene rings is 1. The van der Waals surface area contributed by atoms with Gasteiger partial charge in [-0.2, -0.15) is 0 Å². The third-order valence-electron chi connectivity index (χ3n) is 3.97. The Labute approximate surface area is 121 Å². The SMILES string of the molecule is CCN(CC1CCCO1)CC(C)C(=O)c1ccccc1. The van der Waals surface area contributed by atoms with Gasteiger partial charge in [0.05, 0.1) is 6.10 Å². The number of hydrogen-bond acceptors (Lipinski definition) is 3. The zero-order valence-corrected chi connectivity index (χ0v) is 12.5. The number of ether oxygens (including phenoxy) is 1. The summed E-state index contributed by atoms with van der Waals surface area (Å²) in [4.78, 5) is 14.7. The van der Waals surface area contributed by atoms with Crippen LogP contribution in [0.25, 0.3) is 0 Å². The Hall–Kier alpha value is -1.19. The average Bonchev–Trinajstić information content (AvgIpc) is 2.99. The molecule has 2 unspecified atom stereocenters. The fraction of sp³-hybridized carbons (Fsp3) is 0.588. The summed E-state index contributed by atoms with van der Waals surface area (Å²) in [5.74, 6) is 0.259. The minimum atomic E-state index is 0.0266. The lowest BCUT2D eigenvalue weighted by Crippen LogP contribution is -2.37. The average molecular weight is 275 g/mol. The van der Waals surface area contributed by atoms with Crippen LogP contribution >= 0.6 is 0 Å². The van der Waals surface area contributed by atoms with Gasteiger partial charge in [-0.25, -0.2) is 0 Å². The molecule has 1 aromatic carbocycles. The first-order valence-corrected chi connectivity index (χ1v) is 7.64. The Morgan fingerprint density at radius 3 is 2.75 bits per heavy atom. The van der Waals surface area contributed by atoms with E-state index in [2.05, 4.69) is 11.8 Å². The van der Waals surface area contributed by atoms with E-state index in [4.69, 9.17) is 4.74 Å². The van der Waals surface area contributed by atoms with Crippen molar-refractivity contribution < 1.29 is 9.53 Å². The smallest absolute Gasteiger partial charge is 0.166 e. The zero-order valence-electron chi connectivity index (χ0n) is 12.5. The molecule has 0 N–H and O–H groups in total. The predicted molar refractivity (Wildman–Crippen MR) is 81.0 cm³/mol. The number of Topliss-reactive ketones (excluding diaryl/α,β-unsaturated/α-hetero) is 1. The topological polar surface area (TPSA) is 29.5 Å². The van der Waals surface area contributed by atoms with Gasteiger partial charge in [0.2, 0.25) is 0 Å². The lowest BCUT2D eigenvalue weighted by Gasteiger charge is -2.26. The largest absolute Gasteiger partial charge is 0.377 e. The van der Waals surface area contributed by atoms with E-state index in [9.17, 15) is 4.79 Å². The van der Waals surface area contributed by atoms with Gasteiger partial charge in [0, 0.05) is 31.2 Å². The molecule has 0 aliphatic carbocycles. The monoisotopic (exact) mass is 275 g/mol. The molecule has 2 atom stereocenters. The van der Waals surface area contributed by atoms with Crippen LogP contribution in [0.5, 0.6) is 0 Å². The van der Waals surface area contributed by atoms with Crippen molar-refractivity contribution in [2.45, 2.75) is 32.8 Å². The van der Waals surface area contributed by atoms with Gasteiger partial charge >= 0.3 is 0 Å². The number of nitrogens with zero attached hydrogens (tertiary/aromatic N) is 1. The molecule has 2 rings (SSSR count). The maximum atomic E-state index is 12.4. The van der Waals surface area contributed by atoms with Crippen LogP contribution in [-0.2, 0) is 4.74 Å². The van der Waals surface area contributed by atoms with E-state index in [1.807, 2.05) is 37.3 Å². The molecule has 1 aliphatic heterocycles. The quantitative estimate of drug-likeness (QED) is 0.716. The highest BCUT2D eigenvalue weighted by Crippen LogP contribution is 2.15. The molecule has 0 saturated carbocycles. The third kappa shape index (κ3) is 4.15. The van der Waals surface area contributed by atoms with E-state index in [0.29, 0.717) is 6.10 Å². The van der Waals surface area contributed by atoms with Crippen LogP contribution in [-0.4, -0.2) is 43.0 Å². The van der Waals surface area contributed by atoms with Crippen molar-refractivity contribution >= 4 is 5.78 Å². The molecule has 1 heterocycles. The Morgan fingerprint density at radius 1 is 1.40 bits per heavy atom. The number of carbonyl (C=O) groups is 1. The highest BCUT2D eigenvalue weighted by atomic mass is 16.5. The highest BCUT2D eigenvalue weighted by Gasteiger charge is 2.22. The van der Waals surface area contributed by atoms with E-state index >= 15 is 0 Å². The first-order chi connectivity index (χ1) is 9.70. The molecule has 1 aliphatic rings. The van der Waals surface area contributed by atoms with Gasteiger partial charge in [0.15, 0.2) is 5.78 Å². The minimum absolute atomic E-state index is 0.0266. The first-order valence-electron chi connectivity index (χ1n) is 7.64. The summed E-state index contributed by atoms with van der Waals surface area (Å²) in [6, 6.07) is 9.58. The lowest BCUT2D eigenvalue weighted by atomic mass is 9.98. The summed E-state index contributed by atoms with van der Waals surface area (Å²) < 4.78 is 5.69. The second-order valence-electron chi connectivity index (χ2n) is 5.62. The van der Waals surface area contributed by atoms with Gasteiger partial charge < -0.3 is 9.64 Å². The fourth-order valence-electron chi connectivity index (χ4n) is 2.77. The molecule has 1 fully saturated rings. The second kappa shape index (κ2) is 7.55. The van der Waals surface area contributed by atoms with Crippen molar-refractivity contribution in [2.75, 3.05) is 26.2 Å². The molecule has 110 valence electrons. The molecule has 3 heteroatoms. The zero-order chi connectivity index (χ0) is 14.4. The van der Waals surface area contributed by atoms with Crippen LogP contribution in [0, 0.1) is 5.92 Å². The molecule has 20 heavy (non-hydrogen) atoms. The van der Waals surface area contributed by atoms with E-state index in [1.165, 1.54) is 6.42 Å². The van der Waals surface area contributed by atoms with Gasteiger partial charge in [0.1, 0.15) is 0 Å². The highest BCUT2D eigenvalue weighted by molar-refractivity contribution is 5.97. The summed E-state index contributed by atoms with van der Waals surface area (Å²) in [7, 11) is 0. The van der Waals surface area contributed by atoms with E-state index < -0.39 is 0 Å². The Balaban J connectivity index is 1.88. The van der Waals surface area contributed by atoms with Crippen LogP contribution in [0.4, 0.5) is 0 Å². The van der Waals surface area contributed by atoms with Gasteiger partial charge in [-0.1, -0.05) is 44.2 Å². The number of hydrogen-bond donors (Lipinski definition) is 0. The van der Waals surface area contributed by atoms with Gasteiger partial charge in [-0.3, -0.25) is 4.79 Å². The number of rotatable bonds is 7. The normalized spacial score (nSPS) is 20.2. The van der Waals surface area contributed by atoms with Crippen LogP contribution < -0.4 is 0 Å². The van der Waals surface area contributed by atoms with E-state index in [0.717, 1.165) is 38.2 Å². The summed E-state index contributed by atoms with van der Waals surface area (Å²) >= 11 is 0. The maximum Gasteiger partial charge on any atom is 0.166 e. The lowest BCUT2D eigenvalue weighted by molar-refractivity contribution is 0.0659. The van der Waals surface area contributed by atoms with Crippen molar-refractivity contribution in [3.05, 3.63) is 35.9 Å². The van der Waals surface area contributed by atoms with Crippen LogP contribution in [0.2, 0.25) is 0 Å². The van der Waals surface area contributed by atoms with Gasteiger partial charge in [-0.05, 0) is 19.4 Å². The summed E-state index contributed by atoms with van der Waals surface area (Å²) in [5, 5.41) is 0. The van der Waals surface area contributed by atoms with Crippen LogP contribution in [0.1, 0.15) is 37.0 Å².